The number of carbonyl (C=O) groups excluding carboxylic acids is 1. The predicted octanol–water partition coefficient (Wildman–Crippen LogP) is 3.26. The van der Waals surface area contributed by atoms with Crippen molar-refractivity contribution in [3.05, 3.63) is 33.6 Å². The van der Waals surface area contributed by atoms with Crippen molar-refractivity contribution in [1.82, 2.24) is 10.6 Å². The average Bonchev–Trinajstić information content (AvgIpc) is 2.40. The maximum Gasteiger partial charge on any atom is 0.315 e. The molecule has 0 aliphatic heterocycles. The first-order valence-corrected chi connectivity index (χ1v) is 6.97. The summed E-state index contributed by atoms with van der Waals surface area (Å²) in [6, 6.07) is 1.17. The largest absolute Gasteiger partial charge is 0.394 e. The third-order valence-electron chi connectivity index (χ3n) is 2.91. The van der Waals surface area contributed by atoms with Gasteiger partial charge in [-0.25, -0.2) is 9.18 Å². The van der Waals surface area contributed by atoms with Gasteiger partial charge in [-0.3, -0.25) is 0 Å². The zero-order chi connectivity index (χ0) is 15.3. The van der Waals surface area contributed by atoms with Gasteiger partial charge in [0.25, 0.3) is 0 Å². The molecule has 0 saturated carbocycles. The topological polar surface area (TPSA) is 61.4 Å². The van der Waals surface area contributed by atoms with Crippen LogP contribution in [0.25, 0.3) is 0 Å². The Labute approximate surface area is 127 Å². The van der Waals surface area contributed by atoms with Crippen molar-refractivity contribution >= 4 is 29.2 Å². The minimum Gasteiger partial charge on any atom is -0.394 e. The summed E-state index contributed by atoms with van der Waals surface area (Å²) in [5, 5.41) is 14.4. The zero-order valence-electron chi connectivity index (χ0n) is 11.2. The molecule has 2 atom stereocenters. The Hall–Kier alpha value is -1.04. The quantitative estimate of drug-likeness (QED) is 0.728. The number of rotatable bonds is 5. The van der Waals surface area contributed by atoms with Crippen LogP contribution in [-0.2, 0) is 0 Å². The minimum atomic E-state index is -0.595. The first-order valence-electron chi connectivity index (χ1n) is 6.21. The molecule has 1 aromatic carbocycles. The molecule has 0 fully saturated rings. The van der Waals surface area contributed by atoms with E-state index in [1.807, 2.05) is 6.92 Å². The lowest BCUT2D eigenvalue weighted by molar-refractivity contribution is 0.212. The first-order chi connectivity index (χ1) is 9.40. The first kappa shape index (κ1) is 17.0. The van der Waals surface area contributed by atoms with Gasteiger partial charge in [0.2, 0.25) is 0 Å². The molecule has 4 nitrogen and oxygen atoms in total. The van der Waals surface area contributed by atoms with E-state index in [2.05, 4.69) is 10.6 Å². The number of amides is 2. The summed E-state index contributed by atoms with van der Waals surface area (Å²) in [5.41, 5.74) is 0.320. The summed E-state index contributed by atoms with van der Waals surface area (Å²) in [5.74, 6) is -0.595. The summed E-state index contributed by atoms with van der Waals surface area (Å²) >= 11 is 11.8. The van der Waals surface area contributed by atoms with Gasteiger partial charge in [-0.05, 0) is 25.5 Å². The molecular weight excluding hydrogens is 306 g/mol. The molecule has 0 bridgehead atoms. The highest BCUT2D eigenvalue weighted by Crippen LogP contribution is 2.32. The van der Waals surface area contributed by atoms with Crippen LogP contribution in [-0.4, -0.2) is 23.8 Å². The van der Waals surface area contributed by atoms with Gasteiger partial charge >= 0.3 is 6.03 Å². The molecule has 0 aliphatic rings. The fourth-order valence-electron chi connectivity index (χ4n) is 1.71. The van der Waals surface area contributed by atoms with E-state index in [1.165, 1.54) is 12.1 Å². The summed E-state index contributed by atoms with van der Waals surface area (Å²) in [6.45, 7) is 3.33. The van der Waals surface area contributed by atoms with E-state index in [1.54, 1.807) is 6.92 Å². The molecule has 0 radical (unpaired) electrons. The van der Waals surface area contributed by atoms with Gasteiger partial charge in [-0.15, -0.1) is 0 Å². The highest BCUT2D eigenvalue weighted by Gasteiger charge is 2.19. The van der Waals surface area contributed by atoms with Crippen molar-refractivity contribution in [2.24, 2.45) is 0 Å². The van der Waals surface area contributed by atoms with Crippen LogP contribution in [0.3, 0.4) is 0 Å². The van der Waals surface area contributed by atoms with E-state index in [9.17, 15) is 9.18 Å². The van der Waals surface area contributed by atoms with Gasteiger partial charge in [0.15, 0.2) is 0 Å². The van der Waals surface area contributed by atoms with Crippen molar-refractivity contribution in [2.45, 2.75) is 32.4 Å². The van der Waals surface area contributed by atoms with Crippen LogP contribution in [0.15, 0.2) is 12.1 Å². The van der Waals surface area contributed by atoms with E-state index in [4.69, 9.17) is 28.3 Å². The third kappa shape index (κ3) is 4.23. The van der Waals surface area contributed by atoms with E-state index in [-0.39, 0.29) is 22.7 Å². The van der Waals surface area contributed by atoms with Crippen LogP contribution >= 0.6 is 23.2 Å². The number of aliphatic hydroxyl groups is 1. The standard InChI is InChI=1S/C13H17Cl2FN2O2/c1-3-8(6-19)18-13(20)17-7(2)11-9(14)4-5-10(16)12(11)15/h4-5,7-8,19H,3,6H2,1-2H3,(H2,17,18,20). The van der Waals surface area contributed by atoms with Crippen molar-refractivity contribution in [1.29, 1.82) is 0 Å². The van der Waals surface area contributed by atoms with E-state index in [0.717, 1.165) is 0 Å². The number of nitrogens with one attached hydrogen (secondary N) is 2. The Morgan fingerprint density at radius 1 is 1.40 bits per heavy atom. The molecule has 1 rings (SSSR count). The van der Waals surface area contributed by atoms with Crippen molar-refractivity contribution in [2.75, 3.05) is 6.61 Å². The second-order valence-electron chi connectivity index (χ2n) is 4.38. The molecule has 0 spiro atoms. The summed E-state index contributed by atoms with van der Waals surface area (Å²) < 4.78 is 13.4. The van der Waals surface area contributed by atoms with E-state index >= 15 is 0 Å². The highest BCUT2D eigenvalue weighted by atomic mass is 35.5. The number of carbonyl (C=O) groups is 1. The van der Waals surface area contributed by atoms with Crippen molar-refractivity contribution < 1.29 is 14.3 Å². The van der Waals surface area contributed by atoms with Crippen LogP contribution in [0.5, 0.6) is 0 Å². The number of aliphatic hydroxyl groups excluding tert-OH is 1. The Kier molecular flexibility index (Phi) is 6.52. The molecule has 0 saturated heterocycles. The van der Waals surface area contributed by atoms with Gasteiger partial charge < -0.3 is 15.7 Å². The Morgan fingerprint density at radius 3 is 2.60 bits per heavy atom. The van der Waals surface area contributed by atoms with Gasteiger partial charge in [0, 0.05) is 10.6 Å². The molecule has 2 amide bonds. The third-order valence-corrected chi connectivity index (χ3v) is 3.62. The molecule has 0 aliphatic carbocycles. The molecule has 20 heavy (non-hydrogen) atoms. The second kappa shape index (κ2) is 7.67. The number of hydrogen-bond acceptors (Lipinski definition) is 2. The second-order valence-corrected chi connectivity index (χ2v) is 5.17. The molecule has 2 unspecified atom stereocenters. The fraction of sp³-hybridized carbons (Fsp3) is 0.462. The number of urea groups is 1. The number of halogens is 3. The SMILES string of the molecule is CCC(CO)NC(=O)NC(C)c1c(Cl)ccc(F)c1Cl. The molecule has 1 aromatic rings. The lowest BCUT2D eigenvalue weighted by Crippen LogP contribution is -2.44. The van der Waals surface area contributed by atoms with Crippen LogP contribution in [0.1, 0.15) is 31.9 Å². The van der Waals surface area contributed by atoms with Crippen LogP contribution in [0.2, 0.25) is 10.0 Å². The monoisotopic (exact) mass is 322 g/mol. The normalized spacial score (nSPS) is 13.7. The Bertz CT molecular complexity index is 482. The molecule has 7 heteroatoms. The smallest absolute Gasteiger partial charge is 0.315 e. The van der Waals surface area contributed by atoms with E-state index in [0.29, 0.717) is 12.0 Å². The Balaban J connectivity index is 2.79. The van der Waals surface area contributed by atoms with Crippen LogP contribution in [0, 0.1) is 5.82 Å². The minimum absolute atomic E-state index is 0.112. The van der Waals surface area contributed by atoms with Crippen LogP contribution < -0.4 is 10.6 Å². The average molecular weight is 323 g/mol. The maximum absolute atomic E-state index is 13.4. The summed E-state index contributed by atoms with van der Waals surface area (Å²) in [7, 11) is 0. The van der Waals surface area contributed by atoms with Crippen molar-refractivity contribution in [3.63, 3.8) is 0 Å². The number of benzene rings is 1. The maximum atomic E-state index is 13.4. The van der Waals surface area contributed by atoms with Gasteiger partial charge in [-0.1, -0.05) is 30.1 Å². The fourth-order valence-corrected chi connectivity index (χ4v) is 2.41. The predicted molar refractivity (Wildman–Crippen MR) is 77.7 cm³/mol. The summed E-state index contributed by atoms with van der Waals surface area (Å²) in [4.78, 5) is 11.7. The van der Waals surface area contributed by atoms with Gasteiger partial charge in [-0.2, -0.15) is 0 Å². The number of hydrogen-bond donors (Lipinski definition) is 3. The molecule has 0 heterocycles. The summed E-state index contributed by atoms with van der Waals surface area (Å²) in [6.07, 6.45) is 0.597. The lowest BCUT2D eigenvalue weighted by atomic mass is 10.1. The highest BCUT2D eigenvalue weighted by molar-refractivity contribution is 6.36. The van der Waals surface area contributed by atoms with Crippen molar-refractivity contribution in [3.8, 4) is 0 Å². The molecule has 0 aromatic heterocycles. The van der Waals surface area contributed by atoms with Gasteiger partial charge in [0.05, 0.1) is 23.7 Å². The van der Waals surface area contributed by atoms with Gasteiger partial charge in [0.1, 0.15) is 5.82 Å². The Morgan fingerprint density at radius 2 is 2.05 bits per heavy atom. The molecule has 3 N–H and O–H groups in total. The zero-order valence-corrected chi connectivity index (χ0v) is 12.7. The van der Waals surface area contributed by atoms with E-state index < -0.39 is 17.9 Å². The molecular formula is C13H17Cl2FN2O2. The van der Waals surface area contributed by atoms with Crippen LogP contribution in [0.4, 0.5) is 9.18 Å². The lowest BCUT2D eigenvalue weighted by Gasteiger charge is -2.20. The molecule has 112 valence electrons.